The van der Waals surface area contributed by atoms with E-state index in [4.69, 9.17) is 9.26 Å². The summed E-state index contributed by atoms with van der Waals surface area (Å²) in [6.07, 6.45) is 2.36. The summed E-state index contributed by atoms with van der Waals surface area (Å²) < 4.78 is 10.5. The van der Waals surface area contributed by atoms with Crippen LogP contribution in [0.1, 0.15) is 47.9 Å². The highest BCUT2D eigenvalue weighted by molar-refractivity contribution is 6.00. The lowest BCUT2D eigenvalue weighted by atomic mass is 10.1. The topological polar surface area (TPSA) is 97.6 Å². The summed E-state index contributed by atoms with van der Waals surface area (Å²) in [4.78, 5) is 30.6. The summed E-state index contributed by atoms with van der Waals surface area (Å²) >= 11 is 0. The molecule has 0 aliphatic carbocycles. The van der Waals surface area contributed by atoms with Crippen LogP contribution in [0.4, 0.5) is 5.69 Å². The van der Waals surface area contributed by atoms with Crippen LogP contribution in [0, 0.1) is 0 Å². The van der Waals surface area contributed by atoms with Gasteiger partial charge in [0.1, 0.15) is 5.75 Å². The number of fused-ring (bicyclic) bond motifs is 1. The van der Waals surface area contributed by atoms with E-state index in [1.165, 1.54) is 0 Å². The minimum absolute atomic E-state index is 0.00785. The van der Waals surface area contributed by atoms with Crippen LogP contribution in [0.15, 0.2) is 22.7 Å². The molecule has 8 heteroatoms. The molecule has 25 heavy (non-hydrogen) atoms. The number of hydrogen-bond acceptors (Lipinski definition) is 6. The average molecular weight is 342 g/mol. The number of hydrogen-bond donors (Lipinski definition) is 1. The highest BCUT2D eigenvalue weighted by Crippen LogP contribution is 2.34. The third-order valence-electron chi connectivity index (χ3n) is 4.46. The lowest BCUT2D eigenvalue weighted by Gasteiger charge is -2.23. The first-order valence-electron chi connectivity index (χ1n) is 8.36. The molecule has 0 spiro atoms. The lowest BCUT2D eigenvalue weighted by molar-refractivity contribution is -0.118. The summed E-state index contributed by atoms with van der Waals surface area (Å²) in [5.41, 5.74) is 1.02. The van der Waals surface area contributed by atoms with E-state index in [1.807, 2.05) is 6.92 Å². The van der Waals surface area contributed by atoms with Gasteiger partial charge >= 0.3 is 0 Å². The second-order valence-corrected chi connectivity index (χ2v) is 6.10. The molecular weight excluding hydrogens is 324 g/mol. The van der Waals surface area contributed by atoms with Crippen molar-refractivity contribution in [1.29, 1.82) is 0 Å². The molecule has 1 fully saturated rings. The highest BCUT2D eigenvalue weighted by Gasteiger charge is 2.34. The first-order valence-corrected chi connectivity index (χ1v) is 8.36. The maximum Gasteiger partial charge on any atom is 0.262 e. The Morgan fingerprint density at radius 1 is 1.44 bits per heavy atom. The molecule has 0 saturated carbocycles. The van der Waals surface area contributed by atoms with E-state index in [-0.39, 0.29) is 24.5 Å². The number of carbonyl (C=O) groups excluding carboxylic acids is 2. The SMILES string of the molecule is CCc1nc(C2CCCN2C(=O)c2ccc3c(c2)NC(=O)CO3)no1. The third kappa shape index (κ3) is 2.84. The maximum absolute atomic E-state index is 13.0. The summed E-state index contributed by atoms with van der Waals surface area (Å²) in [6.45, 7) is 2.57. The van der Waals surface area contributed by atoms with Gasteiger partial charge in [0.2, 0.25) is 5.89 Å². The van der Waals surface area contributed by atoms with Crippen molar-refractivity contribution < 1.29 is 18.8 Å². The van der Waals surface area contributed by atoms with E-state index in [1.54, 1.807) is 23.1 Å². The normalized spacial score (nSPS) is 19.3. The van der Waals surface area contributed by atoms with E-state index in [9.17, 15) is 9.59 Å². The van der Waals surface area contributed by atoms with Crippen LogP contribution in [-0.4, -0.2) is 40.0 Å². The molecule has 1 aromatic heterocycles. The zero-order valence-corrected chi connectivity index (χ0v) is 13.8. The van der Waals surface area contributed by atoms with Crippen molar-refractivity contribution in [2.24, 2.45) is 0 Å². The number of nitrogens with one attached hydrogen (secondary N) is 1. The molecule has 8 nitrogen and oxygen atoms in total. The van der Waals surface area contributed by atoms with Crippen LogP contribution in [0.3, 0.4) is 0 Å². The molecule has 2 aromatic rings. The molecule has 1 N–H and O–H groups in total. The Balaban J connectivity index is 1.59. The molecule has 1 atom stereocenters. The number of benzene rings is 1. The maximum atomic E-state index is 13.0. The number of nitrogens with zero attached hydrogens (tertiary/aromatic N) is 3. The Morgan fingerprint density at radius 2 is 2.32 bits per heavy atom. The van der Waals surface area contributed by atoms with Crippen molar-refractivity contribution in [3.8, 4) is 5.75 Å². The van der Waals surface area contributed by atoms with Gasteiger partial charge < -0.3 is 19.5 Å². The van der Waals surface area contributed by atoms with Gasteiger partial charge in [-0.3, -0.25) is 9.59 Å². The van der Waals surface area contributed by atoms with Crippen molar-refractivity contribution in [3.63, 3.8) is 0 Å². The van der Waals surface area contributed by atoms with Gasteiger partial charge in [-0.15, -0.1) is 0 Å². The van der Waals surface area contributed by atoms with E-state index < -0.39 is 0 Å². The minimum Gasteiger partial charge on any atom is -0.482 e. The predicted molar refractivity (Wildman–Crippen MR) is 87.3 cm³/mol. The van der Waals surface area contributed by atoms with Gasteiger partial charge in [-0.05, 0) is 31.0 Å². The second-order valence-electron chi connectivity index (χ2n) is 6.10. The van der Waals surface area contributed by atoms with Crippen molar-refractivity contribution in [3.05, 3.63) is 35.5 Å². The van der Waals surface area contributed by atoms with Gasteiger partial charge in [-0.1, -0.05) is 12.1 Å². The zero-order valence-electron chi connectivity index (χ0n) is 13.8. The van der Waals surface area contributed by atoms with Crippen LogP contribution in [0.25, 0.3) is 0 Å². The molecular formula is C17H18N4O4. The molecule has 130 valence electrons. The van der Waals surface area contributed by atoms with Crippen LogP contribution >= 0.6 is 0 Å². The second kappa shape index (κ2) is 6.19. The largest absolute Gasteiger partial charge is 0.482 e. The van der Waals surface area contributed by atoms with Gasteiger partial charge in [0.25, 0.3) is 11.8 Å². The fraction of sp³-hybridized carbons (Fsp3) is 0.412. The zero-order chi connectivity index (χ0) is 17.4. The quantitative estimate of drug-likeness (QED) is 0.915. The number of ether oxygens (including phenoxy) is 1. The number of likely N-dealkylation sites (tertiary alicyclic amines) is 1. The Hall–Kier alpha value is -2.90. The molecule has 0 bridgehead atoms. The van der Waals surface area contributed by atoms with Crippen LogP contribution < -0.4 is 10.1 Å². The summed E-state index contributed by atoms with van der Waals surface area (Å²) in [5, 5.41) is 6.74. The molecule has 0 radical (unpaired) electrons. The van der Waals surface area contributed by atoms with Crippen LogP contribution in [0.2, 0.25) is 0 Å². The molecule has 1 aromatic carbocycles. The Morgan fingerprint density at radius 3 is 3.12 bits per heavy atom. The van der Waals surface area contributed by atoms with Gasteiger partial charge in [0.15, 0.2) is 12.4 Å². The van der Waals surface area contributed by atoms with Crippen molar-refractivity contribution in [2.75, 3.05) is 18.5 Å². The number of rotatable bonds is 3. The Bertz CT molecular complexity index is 832. The fourth-order valence-electron chi connectivity index (χ4n) is 3.21. The number of aromatic nitrogens is 2. The van der Waals surface area contributed by atoms with Crippen molar-refractivity contribution in [2.45, 2.75) is 32.2 Å². The number of anilines is 1. The summed E-state index contributed by atoms with van der Waals surface area (Å²) in [5.74, 6) is 1.35. The first-order chi connectivity index (χ1) is 12.2. The molecule has 2 aliphatic heterocycles. The molecule has 1 unspecified atom stereocenters. The van der Waals surface area contributed by atoms with Crippen LogP contribution in [0.5, 0.6) is 5.75 Å². The van der Waals surface area contributed by atoms with E-state index in [0.29, 0.717) is 41.7 Å². The number of amides is 2. The molecule has 3 heterocycles. The van der Waals surface area contributed by atoms with Gasteiger partial charge in [-0.25, -0.2) is 0 Å². The Kier molecular flexibility index (Phi) is 3.87. The minimum atomic E-state index is -0.227. The van der Waals surface area contributed by atoms with Gasteiger partial charge in [-0.2, -0.15) is 4.98 Å². The standard InChI is InChI=1S/C17H18N4O4/c1-2-15-19-16(20-25-15)12-4-3-7-21(12)17(23)10-5-6-13-11(8-10)18-14(22)9-24-13/h5-6,8,12H,2-4,7,9H2,1H3,(H,18,22). The van der Waals surface area contributed by atoms with Crippen LogP contribution in [-0.2, 0) is 11.2 Å². The highest BCUT2D eigenvalue weighted by atomic mass is 16.5. The Labute approximate surface area is 144 Å². The fourth-order valence-corrected chi connectivity index (χ4v) is 3.21. The summed E-state index contributed by atoms with van der Waals surface area (Å²) in [7, 11) is 0. The molecule has 2 aliphatic rings. The number of carbonyl (C=O) groups is 2. The van der Waals surface area contributed by atoms with E-state index in [0.717, 1.165) is 12.8 Å². The van der Waals surface area contributed by atoms with E-state index in [2.05, 4.69) is 15.5 Å². The number of aryl methyl sites for hydroxylation is 1. The van der Waals surface area contributed by atoms with Gasteiger partial charge in [0, 0.05) is 18.5 Å². The smallest absolute Gasteiger partial charge is 0.262 e. The molecule has 1 saturated heterocycles. The first kappa shape index (κ1) is 15.6. The average Bonchev–Trinajstić information content (AvgIpc) is 3.29. The summed E-state index contributed by atoms with van der Waals surface area (Å²) in [6, 6.07) is 4.88. The van der Waals surface area contributed by atoms with Gasteiger partial charge in [0.05, 0.1) is 11.7 Å². The third-order valence-corrected chi connectivity index (χ3v) is 4.46. The van der Waals surface area contributed by atoms with E-state index >= 15 is 0 Å². The predicted octanol–water partition coefficient (Wildman–Crippen LogP) is 1.94. The molecule has 2 amide bonds. The van der Waals surface area contributed by atoms with Crippen molar-refractivity contribution >= 4 is 17.5 Å². The lowest BCUT2D eigenvalue weighted by Crippen LogP contribution is -2.31. The van der Waals surface area contributed by atoms with Crippen molar-refractivity contribution in [1.82, 2.24) is 15.0 Å². The monoisotopic (exact) mass is 342 g/mol. The molecule has 4 rings (SSSR count).